The number of hydrogen-bond donors (Lipinski definition) is 3. The number of rotatable bonds is 10. The van der Waals surface area contributed by atoms with Crippen LogP contribution in [0.25, 0.3) is 11.2 Å². The molecule has 0 aliphatic carbocycles. The zero-order chi connectivity index (χ0) is 24.9. The van der Waals surface area contributed by atoms with Gasteiger partial charge in [-0.2, -0.15) is 5.10 Å². The lowest BCUT2D eigenvalue weighted by Crippen LogP contribution is -2.29. The minimum absolute atomic E-state index is 0.180. The van der Waals surface area contributed by atoms with Gasteiger partial charge in [-0.15, -0.1) is 0 Å². The zero-order valence-corrected chi connectivity index (χ0v) is 21.6. The van der Waals surface area contributed by atoms with Crippen molar-refractivity contribution in [3.63, 3.8) is 0 Å². The largest absolute Gasteiger partial charge is 0.332 e. The third-order valence-electron chi connectivity index (χ3n) is 5.36. The predicted molar refractivity (Wildman–Crippen MR) is 141 cm³/mol. The molecule has 1 fully saturated rings. The Kier molecular flexibility index (Phi) is 8.52. The highest BCUT2D eigenvalue weighted by Gasteiger charge is 2.24. The highest BCUT2D eigenvalue weighted by Crippen LogP contribution is 2.32. The van der Waals surface area contributed by atoms with Crippen LogP contribution in [0.15, 0.2) is 46.0 Å². The van der Waals surface area contributed by atoms with Crippen molar-refractivity contribution in [2.24, 2.45) is 5.10 Å². The molecule has 10 nitrogen and oxygen atoms in total. The number of allylic oxidation sites excluding steroid dienone is 2. The average molecular weight is 505 g/mol. The molecule has 1 aliphatic rings. The summed E-state index contributed by atoms with van der Waals surface area (Å²) in [6.07, 6.45) is 9.00. The molecule has 1 saturated heterocycles. The molecule has 3 N–H and O–H groups in total. The molecular formula is C22H32N8O2S2. The smallest absolute Gasteiger partial charge is 0.248 e. The fraction of sp³-hybridized carbons (Fsp3) is 0.409. The molecule has 3 rings (SSSR count). The van der Waals surface area contributed by atoms with Gasteiger partial charge in [-0.05, 0) is 26.3 Å². The van der Waals surface area contributed by atoms with E-state index in [1.54, 1.807) is 32.5 Å². The number of nitrogens with one attached hydrogen (secondary N) is 3. The first-order valence-electron chi connectivity index (χ1n) is 10.9. The lowest BCUT2D eigenvalue weighted by molar-refractivity contribution is 0.454. The van der Waals surface area contributed by atoms with E-state index >= 15 is 0 Å². The highest BCUT2D eigenvalue weighted by molar-refractivity contribution is 8.20. The van der Waals surface area contributed by atoms with Crippen LogP contribution in [-0.2, 0) is 10.0 Å². The Hall–Kier alpha value is -2.67. The zero-order valence-electron chi connectivity index (χ0n) is 20.0. The van der Waals surface area contributed by atoms with Crippen LogP contribution in [0.5, 0.6) is 0 Å². The molecule has 34 heavy (non-hydrogen) atoms. The van der Waals surface area contributed by atoms with Gasteiger partial charge in [0.1, 0.15) is 4.24 Å². The molecule has 0 spiro atoms. The lowest BCUT2D eigenvalue weighted by Gasteiger charge is -2.23. The second-order valence-corrected chi connectivity index (χ2v) is 11.5. The number of fused-ring (bicyclic) bond motifs is 1. The first-order valence-corrected chi connectivity index (χ1v) is 13.1. The Balaban J connectivity index is 2.00. The molecule has 0 bridgehead atoms. The van der Waals surface area contributed by atoms with Crippen molar-refractivity contribution in [2.45, 2.75) is 25.7 Å². The molecule has 3 heterocycles. The van der Waals surface area contributed by atoms with Crippen molar-refractivity contribution in [3.05, 3.63) is 52.3 Å². The van der Waals surface area contributed by atoms with Gasteiger partial charge in [-0.3, -0.25) is 4.40 Å². The monoisotopic (exact) mass is 504 g/mol. The van der Waals surface area contributed by atoms with Crippen LogP contribution < -0.4 is 16.1 Å². The van der Waals surface area contributed by atoms with Crippen molar-refractivity contribution in [1.82, 2.24) is 29.4 Å². The number of thioether (sulfide) groups is 1. The summed E-state index contributed by atoms with van der Waals surface area (Å²) in [7, 11) is 1.13. The number of hydrazone groups is 1. The molecule has 0 aromatic carbocycles. The maximum absolute atomic E-state index is 12.6. The van der Waals surface area contributed by atoms with Gasteiger partial charge < -0.3 is 16.1 Å². The van der Waals surface area contributed by atoms with E-state index in [1.807, 2.05) is 10.6 Å². The van der Waals surface area contributed by atoms with Gasteiger partial charge in [0, 0.05) is 45.4 Å². The van der Waals surface area contributed by atoms with E-state index in [2.05, 4.69) is 39.3 Å². The molecular weight excluding hydrogens is 472 g/mol. The number of anilines is 1. The van der Waals surface area contributed by atoms with Crippen molar-refractivity contribution >= 4 is 45.0 Å². The summed E-state index contributed by atoms with van der Waals surface area (Å²) in [5.41, 5.74) is 5.69. The molecule has 1 atom stereocenters. The Bertz CT molecular complexity index is 1230. The Labute approximate surface area is 205 Å². The number of imidazole rings is 1. The number of aromatic nitrogens is 3. The molecule has 1 unspecified atom stereocenters. The molecule has 2 aromatic rings. The fourth-order valence-electron chi connectivity index (χ4n) is 3.56. The standard InChI is InChI=1S/C22H32N8O2S2/c1-7-20(34(31,32)29(5)6)33-16(3)27-21-22-25-13-19(15(2)11-26-23-4)30(22)14-18(28-21)17-9-8-10-24-12-17/h7,11,13-14,17,23-24H,2-3,8-10,12H2,1,4-6H3,(H,27,28)/b20-7-,26-11-. The van der Waals surface area contributed by atoms with Crippen LogP contribution in [-0.4, -0.2) is 67.5 Å². The van der Waals surface area contributed by atoms with Gasteiger partial charge in [-0.1, -0.05) is 31.0 Å². The SMILES string of the molecule is C=C(Nc1nc(C2CCCNC2)cn2c(C(=C)/C=N\NC)cnc12)S/C(=C/C)S(=O)(=O)N(C)C. The van der Waals surface area contributed by atoms with Crippen molar-refractivity contribution in [1.29, 1.82) is 0 Å². The fourth-order valence-corrected chi connectivity index (χ4v) is 5.89. The molecule has 184 valence electrons. The van der Waals surface area contributed by atoms with Crippen LogP contribution in [0, 0.1) is 0 Å². The van der Waals surface area contributed by atoms with E-state index in [1.165, 1.54) is 18.4 Å². The molecule has 0 amide bonds. The summed E-state index contributed by atoms with van der Waals surface area (Å²) < 4.78 is 28.5. The maximum atomic E-state index is 12.6. The van der Waals surface area contributed by atoms with Crippen molar-refractivity contribution < 1.29 is 8.42 Å². The number of sulfonamides is 1. The third-order valence-corrected chi connectivity index (χ3v) is 8.73. The highest BCUT2D eigenvalue weighted by atomic mass is 32.3. The Morgan fingerprint density at radius 2 is 2.18 bits per heavy atom. The van der Waals surface area contributed by atoms with E-state index in [-0.39, 0.29) is 10.2 Å². The molecule has 1 aliphatic heterocycles. The number of nitrogens with zero attached hydrogens (tertiary/aromatic N) is 5. The molecule has 12 heteroatoms. The summed E-state index contributed by atoms with van der Waals surface area (Å²) in [5, 5.41) is 11.1. The van der Waals surface area contributed by atoms with Crippen LogP contribution in [0.2, 0.25) is 0 Å². The maximum Gasteiger partial charge on any atom is 0.248 e. The van der Waals surface area contributed by atoms with E-state index in [4.69, 9.17) is 4.98 Å². The second-order valence-electron chi connectivity index (χ2n) is 7.95. The van der Waals surface area contributed by atoms with Crippen LogP contribution >= 0.6 is 11.8 Å². The topological polar surface area (TPSA) is 116 Å². The summed E-state index contributed by atoms with van der Waals surface area (Å²) in [4.78, 5) is 9.42. The minimum atomic E-state index is -3.59. The number of piperidine rings is 1. The molecule has 0 saturated carbocycles. The first-order chi connectivity index (χ1) is 16.2. The van der Waals surface area contributed by atoms with Gasteiger partial charge in [0.05, 0.1) is 28.8 Å². The normalized spacial score (nSPS) is 17.4. The molecule has 2 aromatic heterocycles. The summed E-state index contributed by atoms with van der Waals surface area (Å²) in [6.45, 7) is 11.7. The van der Waals surface area contributed by atoms with Crippen LogP contribution in [0.4, 0.5) is 5.82 Å². The molecule has 0 radical (unpaired) electrons. The van der Waals surface area contributed by atoms with Crippen molar-refractivity contribution in [3.8, 4) is 0 Å². The van der Waals surface area contributed by atoms with E-state index in [9.17, 15) is 8.42 Å². The summed E-state index contributed by atoms with van der Waals surface area (Å²) in [6, 6.07) is 0. The Morgan fingerprint density at radius 1 is 1.41 bits per heavy atom. The van der Waals surface area contributed by atoms with Gasteiger partial charge in [-0.25, -0.2) is 22.7 Å². The van der Waals surface area contributed by atoms with E-state index < -0.39 is 10.0 Å². The van der Waals surface area contributed by atoms with E-state index in [0.29, 0.717) is 22.1 Å². The van der Waals surface area contributed by atoms with Crippen LogP contribution in [0.1, 0.15) is 37.1 Å². The van der Waals surface area contributed by atoms with Crippen LogP contribution in [0.3, 0.4) is 0 Å². The third kappa shape index (κ3) is 5.69. The first kappa shape index (κ1) is 25.9. The van der Waals surface area contributed by atoms with E-state index in [0.717, 1.165) is 49.1 Å². The predicted octanol–water partition coefficient (Wildman–Crippen LogP) is 2.78. The second kappa shape index (κ2) is 11.2. The van der Waals surface area contributed by atoms with Gasteiger partial charge in [0.2, 0.25) is 10.0 Å². The lowest BCUT2D eigenvalue weighted by atomic mass is 9.96. The van der Waals surface area contributed by atoms with Crippen molar-refractivity contribution in [2.75, 3.05) is 39.5 Å². The summed E-state index contributed by atoms with van der Waals surface area (Å²) >= 11 is 1.04. The minimum Gasteiger partial charge on any atom is -0.332 e. The average Bonchev–Trinajstić information content (AvgIpc) is 3.25. The quantitative estimate of drug-likeness (QED) is 0.334. The van der Waals surface area contributed by atoms with Gasteiger partial charge in [0.25, 0.3) is 0 Å². The number of hydrogen-bond acceptors (Lipinski definition) is 9. The Morgan fingerprint density at radius 3 is 2.79 bits per heavy atom. The summed E-state index contributed by atoms with van der Waals surface area (Å²) in [5.74, 6) is 0.747. The van der Waals surface area contributed by atoms with Gasteiger partial charge in [0.15, 0.2) is 11.5 Å². The van der Waals surface area contributed by atoms with Gasteiger partial charge >= 0.3 is 0 Å².